The number of aromatic nitrogens is 1. The van der Waals surface area contributed by atoms with Crippen molar-refractivity contribution in [3.05, 3.63) is 54.0 Å². The fraction of sp³-hybridized carbons (Fsp3) is 0.278. The smallest absolute Gasteiger partial charge is 0.229 e. The third-order valence-electron chi connectivity index (χ3n) is 3.97. The van der Waals surface area contributed by atoms with E-state index in [1.54, 1.807) is 18.3 Å². The van der Waals surface area contributed by atoms with E-state index in [0.29, 0.717) is 19.4 Å². The van der Waals surface area contributed by atoms with E-state index >= 15 is 0 Å². The maximum absolute atomic E-state index is 12.9. The van der Waals surface area contributed by atoms with Gasteiger partial charge in [-0.1, -0.05) is 6.07 Å². The molecule has 4 nitrogen and oxygen atoms in total. The highest BCUT2D eigenvalue weighted by molar-refractivity contribution is 6.01. The SMILES string of the molecule is O=C1CCC(=O)N1CCCc1ccc(-c2ccc(F)cc2)nc1. The number of aryl methyl sites for hydroxylation is 1. The Labute approximate surface area is 134 Å². The number of hydrogen-bond donors (Lipinski definition) is 0. The topological polar surface area (TPSA) is 50.3 Å². The first-order valence-electron chi connectivity index (χ1n) is 7.67. The molecule has 1 aliphatic rings. The number of amides is 2. The van der Waals surface area contributed by atoms with Crippen molar-refractivity contribution in [3.63, 3.8) is 0 Å². The molecule has 0 bridgehead atoms. The number of benzene rings is 1. The minimum Gasteiger partial charge on any atom is -0.283 e. The highest BCUT2D eigenvalue weighted by atomic mass is 19.1. The first-order valence-corrected chi connectivity index (χ1v) is 7.67. The highest BCUT2D eigenvalue weighted by Gasteiger charge is 2.27. The number of pyridine rings is 1. The van der Waals surface area contributed by atoms with Crippen LogP contribution in [0.3, 0.4) is 0 Å². The van der Waals surface area contributed by atoms with Gasteiger partial charge in [0.25, 0.3) is 0 Å². The van der Waals surface area contributed by atoms with Crippen molar-refractivity contribution in [2.75, 3.05) is 6.54 Å². The zero-order chi connectivity index (χ0) is 16.2. The van der Waals surface area contributed by atoms with Gasteiger partial charge in [-0.15, -0.1) is 0 Å². The fourth-order valence-electron chi connectivity index (χ4n) is 2.68. The van der Waals surface area contributed by atoms with E-state index in [0.717, 1.165) is 29.7 Å². The third kappa shape index (κ3) is 3.62. The maximum Gasteiger partial charge on any atom is 0.229 e. The van der Waals surface area contributed by atoms with E-state index in [2.05, 4.69) is 4.98 Å². The Hall–Kier alpha value is -2.56. The number of carbonyl (C=O) groups excluding carboxylic acids is 2. The van der Waals surface area contributed by atoms with Crippen molar-refractivity contribution >= 4 is 11.8 Å². The molecule has 0 aliphatic carbocycles. The standard InChI is InChI=1S/C18H17FN2O2/c19-15-6-4-14(5-7-15)16-8-3-13(12-20-16)2-1-11-21-17(22)9-10-18(21)23/h3-8,12H,1-2,9-11H2. The Morgan fingerprint density at radius 3 is 2.30 bits per heavy atom. The molecule has 0 N–H and O–H groups in total. The van der Waals surface area contributed by atoms with Gasteiger partial charge in [0.05, 0.1) is 5.69 Å². The summed E-state index contributed by atoms with van der Waals surface area (Å²) in [4.78, 5) is 28.8. The van der Waals surface area contributed by atoms with E-state index in [1.165, 1.54) is 17.0 Å². The molecular formula is C18H17FN2O2. The molecule has 1 fully saturated rings. The van der Waals surface area contributed by atoms with Crippen LogP contribution in [0, 0.1) is 5.82 Å². The van der Waals surface area contributed by atoms with Gasteiger partial charge in [0.2, 0.25) is 11.8 Å². The zero-order valence-corrected chi connectivity index (χ0v) is 12.7. The first kappa shape index (κ1) is 15.3. The quantitative estimate of drug-likeness (QED) is 0.798. The van der Waals surface area contributed by atoms with Gasteiger partial charge in [-0.3, -0.25) is 19.5 Å². The zero-order valence-electron chi connectivity index (χ0n) is 12.7. The van der Waals surface area contributed by atoms with Crippen LogP contribution >= 0.6 is 0 Å². The third-order valence-corrected chi connectivity index (χ3v) is 3.97. The van der Waals surface area contributed by atoms with Crippen LogP contribution in [0.15, 0.2) is 42.6 Å². The molecule has 2 heterocycles. The molecular weight excluding hydrogens is 295 g/mol. The average molecular weight is 312 g/mol. The average Bonchev–Trinajstić information content (AvgIpc) is 2.88. The van der Waals surface area contributed by atoms with Crippen LogP contribution < -0.4 is 0 Å². The molecule has 5 heteroatoms. The molecule has 1 aromatic heterocycles. The lowest BCUT2D eigenvalue weighted by molar-refractivity contribution is -0.138. The van der Waals surface area contributed by atoms with Crippen LogP contribution in [0.25, 0.3) is 11.3 Å². The molecule has 0 unspecified atom stereocenters. The summed E-state index contributed by atoms with van der Waals surface area (Å²) in [6.45, 7) is 0.470. The molecule has 0 saturated carbocycles. The van der Waals surface area contributed by atoms with Crippen molar-refractivity contribution in [2.45, 2.75) is 25.7 Å². The molecule has 0 atom stereocenters. The number of likely N-dealkylation sites (tertiary alicyclic amines) is 1. The summed E-state index contributed by atoms with van der Waals surface area (Å²) in [7, 11) is 0. The Bertz CT molecular complexity index is 695. The van der Waals surface area contributed by atoms with Crippen LogP contribution in [0.5, 0.6) is 0 Å². The van der Waals surface area contributed by atoms with Gasteiger partial charge < -0.3 is 0 Å². The summed E-state index contributed by atoms with van der Waals surface area (Å²) in [6, 6.07) is 10.1. The second-order valence-electron chi connectivity index (χ2n) is 5.60. The Balaban J connectivity index is 1.56. The first-order chi connectivity index (χ1) is 11.1. The molecule has 0 radical (unpaired) electrons. The molecule has 1 aliphatic heterocycles. The van der Waals surface area contributed by atoms with Gasteiger partial charge in [0.1, 0.15) is 5.82 Å². The molecule has 1 saturated heterocycles. The molecule has 23 heavy (non-hydrogen) atoms. The summed E-state index contributed by atoms with van der Waals surface area (Å²) >= 11 is 0. The number of rotatable bonds is 5. The number of halogens is 1. The molecule has 1 aromatic carbocycles. The van der Waals surface area contributed by atoms with Gasteiger partial charge >= 0.3 is 0 Å². The number of nitrogens with zero attached hydrogens (tertiary/aromatic N) is 2. The minimum atomic E-state index is -0.267. The second kappa shape index (κ2) is 6.69. The summed E-state index contributed by atoms with van der Waals surface area (Å²) in [5, 5.41) is 0. The van der Waals surface area contributed by atoms with Gasteiger partial charge in [0, 0.05) is 31.1 Å². The number of imide groups is 1. The summed E-state index contributed by atoms with van der Waals surface area (Å²) in [6.07, 6.45) is 3.95. The molecule has 118 valence electrons. The second-order valence-corrected chi connectivity index (χ2v) is 5.60. The van der Waals surface area contributed by atoms with E-state index < -0.39 is 0 Å². The van der Waals surface area contributed by atoms with Crippen molar-refractivity contribution in [3.8, 4) is 11.3 Å². The van der Waals surface area contributed by atoms with Crippen LogP contribution in [0.1, 0.15) is 24.8 Å². The lowest BCUT2D eigenvalue weighted by Crippen LogP contribution is -2.30. The van der Waals surface area contributed by atoms with Gasteiger partial charge in [-0.05, 0) is 48.7 Å². The van der Waals surface area contributed by atoms with Crippen LogP contribution in [-0.4, -0.2) is 28.2 Å². The lowest BCUT2D eigenvalue weighted by Gasteiger charge is -2.13. The van der Waals surface area contributed by atoms with Crippen molar-refractivity contribution < 1.29 is 14.0 Å². The molecule has 2 amide bonds. The Kier molecular flexibility index (Phi) is 4.46. The lowest BCUT2D eigenvalue weighted by atomic mass is 10.1. The van der Waals surface area contributed by atoms with Gasteiger partial charge in [0.15, 0.2) is 0 Å². The predicted octanol–water partition coefficient (Wildman–Crippen LogP) is 2.97. The van der Waals surface area contributed by atoms with Gasteiger partial charge in [-0.2, -0.15) is 0 Å². The van der Waals surface area contributed by atoms with E-state index in [-0.39, 0.29) is 17.6 Å². The summed E-state index contributed by atoms with van der Waals surface area (Å²) in [5.74, 6) is -0.407. The Morgan fingerprint density at radius 2 is 1.70 bits per heavy atom. The summed E-state index contributed by atoms with van der Waals surface area (Å²) in [5.41, 5.74) is 2.71. The van der Waals surface area contributed by atoms with Gasteiger partial charge in [-0.25, -0.2) is 4.39 Å². The monoisotopic (exact) mass is 312 g/mol. The number of hydrogen-bond acceptors (Lipinski definition) is 3. The van der Waals surface area contributed by atoms with Crippen molar-refractivity contribution in [2.24, 2.45) is 0 Å². The van der Waals surface area contributed by atoms with E-state index in [4.69, 9.17) is 0 Å². The van der Waals surface area contributed by atoms with Crippen molar-refractivity contribution in [1.82, 2.24) is 9.88 Å². The maximum atomic E-state index is 12.9. The van der Waals surface area contributed by atoms with Crippen molar-refractivity contribution in [1.29, 1.82) is 0 Å². The van der Waals surface area contributed by atoms with Crippen LogP contribution in [0.4, 0.5) is 4.39 Å². The number of carbonyl (C=O) groups is 2. The largest absolute Gasteiger partial charge is 0.283 e. The molecule has 3 rings (SSSR count). The van der Waals surface area contributed by atoms with E-state index in [1.807, 2.05) is 12.1 Å². The summed E-state index contributed by atoms with van der Waals surface area (Å²) < 4.78 is 12.9. The minimum absolute atomic E-state index is 0.0696. The van der Waals surface area contributed by atoms with Crippen LogP contribution in [0.2, 0.25) is 0 Å². The predicted molar refractivity (Wildman–Crippen MR) is 83.9 cm³/mol. The Morgan fingerprint density at radius 1 is 1.00 bits per heavy atom. The van der Waals surface area contributed by atoms with E-state index in [9.17, 15) is 14.0 Å². The normalized spacial score (nSPS) is 14.6. The van der Waals surface area contributed by atoms with Crippen LogP contribution in [-0.2, 0) is 16.0 Å². The molecule has 0 spiro atoms. The fourth-order valence-corrected chi connectivity index (χ4v) is 2.68. The highest BCUT2D eigenvalue weighted by Crippen LogP contribution is 2.18. The molecule has 2 aromatic rings.